The Kier molecular flexibility index (Phi) is 6.86. The van der Waals surface area contributed by atoms with Gasteiger partial charge in [-0.15, -0.1) is 0 Å². The molecule has 1 amide bonds. The van der Waals surface area contributed by atoms with Crippen molar-refractivity contribution < 1.29 is 19.1 Å². The molecule has 0 saturated carbocycles. The standard InChI is InChI=1S/C25H25NO4/c1-17-13-18(2)15-21(14-17)29-16-24(27)30-19(3)25(28)26-23-12-8-7-11-22(23)20-9-5-4-6-10-20/h4-15,19H,16H2,1-3H3,(H,26,28)/t19-/m0/s1. The summed E-state index contributed by atoms with van der Waals surface area (Å²) in [6.45, 7) is 5.19. The number of anilines is 1. The molecular weight excluding hydrogens is 378 g/mol. The maximum atomic E-state index is 12.6. The van der Waals surface area contributed by atoms with Crippen LogP contribution in [0.3, 0.4) is 0 Å². The number of carbonyl (C=O) groups is 2. The minimum absolute atomic E-state index is 0.263. The monoisotopic (exact) mass is 403 g/mol. The van der Waals surface area contributed by atoms with Crippen LogP contribution in [0.15, 0.2) is 72.8 Å². The van der Waals surface area contributed by atoms with E-state index >= 15 is 0 Å². The zero-order valence-electron chi connectivity index (χ0n) is 17.3. The number of rotatable bonds is 7. The number of benzene rings is 3. The number of nitrogens with one attached hydrogen (secondary N) is 1. The van der Waals surface area contributed by atoms with E-state index in [4.69, 9.17) is 9.47 Å². The van der Waals surface area contributed by atoms with E-state index in [1.54, 1.807) is 0 Å². The number of aryl methyl sites for hydroxylation is 2. The average Bonchev–Trinajstić information content (AvgIpc) is 2.72. The van der Waals surface area contributed by atoms with Crippen LogP contribution in [0.1, 0.15) is 18.1 Å². The fraction of sp³-hybridized carbons (Fsp3) is 0.200. The quantitative estimate of drug-likeness (QED) is 0.569. The molecule has 0 bridgehead atoms. The van der Waals surface area contributed by atoms with Crippen LogP contribution in [0.25, 0.3) is 11.1 Å². The van der Waals surface area contributed by atoms with E-state index in [2.05, 4.69) is 5.32 Å². The molecule has 30 heavy (non-hydrogen) atoms. The van der Waals surface area contributed by atoms with Gasteiger partial charge in [0.1, 0.15) is 5.75 Å². The van der Waals surface area contributed by atoms with Crippen LogP contribution >= 0.6 is 0 Å². The van der Waals surface area contributed by atoms with E-state index in [1.807, 2.05) is 86.6 Å². The molecule has 3 rings (SSSR count). The third kappa shape index (κ3) is 5.70. The highest BCUT2D eigenvalue weighted by molar-refractivity contribution is 5.98. The maximum Gasteiger partial charge on any atom is 0.344 e. The number of hydrogen-bond donors (Lipinski definition) is 1. The first-order valence-electron chi connectivity index (χ1n) is 9.78. The maximum absolute atomic E-state index is 12.6. The number of carbonyl (C=O) groups excluding carboxylic acids is 2. The molecule has 5 nitrogen and oxygen atoms in total. The van der Waals surface area contributed by atoms with Crippen LogP contribution in [0.5, 0.6) is 5.75 Å². The molecule has 0 aromatic heterocycles. The lowest BCUT2D eigenvalue weighted by atomic mass is 10.0. The fourth-order valence-corrected chi connectivity index (χ4v) is 3.14. The second kappa shape index (κ2) is 9.74. The molecule has 0 unspecified atom stereocenters. The Morgan fingerprint density at radius 3 is 2.23 bits per heavy atom. The second-order valence-corrected chi connectivity index (χ2v) is 7.15. The van der Waals surface area contributed by atoms with Crippen molar-refractivity contribution >= 4 is 17.6 Å². The van der Waals surface area contributed by atoms with Gasteiger partial charge in [-0.25, -0.2) is 4.79 Å². The molecule has 1 atom stereocenters. The number of para-hydroxylation sites is 1. The summed E-state index contributed by atoms with van der Waals surface area (Å²) >= 11 is 0. The molecule has 154 valence electrons. The molecule has 1 N–H and O–H groups in total. The van der Waals surface area contributed by atoms with E-state index in [-0.39, 0.29) is 6.61 Å². The van der Waals surface area contributed by atoms with Crippen LogP contribution < -0.4 is 10.1 Å². The summed E-state index contributed by atoms with van der Waals surface area (Å²) in [5, 5.41) is 2.85. The van der Waals surface area contributed by atoms with Crippen molar-refractivity contribution in [1.29, 1.82) is 0 Å². The highest BCUT2D eigenvalue weighted by Gasteiger charge is 2.19. The molecule has 0 aliphatic rings. The number of esters is 1. The van der Waals surface area contributed by atoms with Gasteiger partial charge in [0.2, 0.25) is 0 Å². The van der Waals surface area contributed by atoms with Gasteiger partial charge >= 0.3 is 5.97 Å². The first-order chi connectivity index (χ1) is 14.4. The van der Waals surface area contributed by atoms with Crippen LogP contribution in [-0.4, -0.2) is 24.6 Å². The topological polar surface area (TPSA) is 64.6 Å². The highest BCUT2D eigenvalue weighted by atomic mass is 16.6. The lowest BCUT2D eigenvalue weighted by molar-refractivity contribution is -0.155. The molecule has 0 aliphatic carbocycles. The Labute approximate surface area is 176 Å². The van der Waals surface area contributed by atoms with Gasteiger partial charge in [0, 0.05) is 11.3 Å². The molecule has 0 saturated heterocycles. The largest absolute Gasteiger partial charge is 0.482 e. The van der Waals surface area contributed by atoms with Crippen molar-refractivity contribution in [2.24, 2.45) is 0 Å². The summed E-state index contributed by atoms with van der Waals surface area (Å²) in [6.07, 6.45) is -0.954. The third-order valence-corrected chi connectivity index (χ3v) is 4.50. The number of ether oxygens (including phenoxy) is 2. The van der Waals surface area contributed by atoms with Crippen molar-refractivity contribution in [3.05, 3.63) is 83.9 Å². The lowest BCUT2D eigenvalue weighted by Gasteiger charge is -2.16. The van der Waals surface area contributed by atoms with Gasteiger partial charge in [-0.1, -0.05) is 54.6 Å². The smallest absolute Gasteiger partial charge is 0.344 e. The van der Waals surface area contributed by atoms with E-state index in [0.29, 0.717) is 11.4 Å². The average molecular weight is 403 g/mol. The molecule has 0 heterocycles. The summed E-state index contributed by atoms with van der Waals surface area (Å²) in [5.41, 5.74) is 4.62. The van der Waals surface area contributed by atoms with Crippen molar-refractivity contribution in [3.63, 3.8) is 0 Å². The highest BCUT2D eigenvalue weighted by Crippen LogP contribution is 2.27. The Balaban J connectivity index is 1.58. The summed E-state index contributed by atoms with van der Waals surface area (Å²) in [7, 11) is 0. The van der Waals surface area contributed by atoms with Crippen molar-refractivity contribution in [2.45, 2.75) is 26.9 Å². The van der Waals surface area contributed by atoms with E-state index in [0.717, 1.165) is 22.3 Å². The summed E-state index contributed by atoms with van der Waals surface area (Å²) in [5.74, 6) is -0.412. The molecular formula is C25H25NO4. The predicted octanol–water partition coefficient (Wildman–Crippen LogP) is 4.92. The molecule has 3 aromatic rings. The van der Waals surface area contributed by atoms with Crippen LogP contribution in [0.4, 0.5) is 5.69 Å². The molecule has 0 fully saturated rings. The Bertz CT molecular complexity index is 1010. The SMILES string of the molecule is Cc1cc(C)cc(OCC(=O)O[C@@H](C)C(=O)Nc2ccccc2-c2ccccc2)c1. The van der Waals surface area contributed by atoms with Gasteiger partial charge in [-0.2, -0.15) is 0 Å². The van der Waals surface area contributed by atoms with Gasteiger partial charge < -0.3 is 14.8 Å². The summed E-state index contributed by atoms with van der Waals surface area (Å²) in [6, 6.07) is 23.0. The predicted molar refractivity (Wildman–Crippen MR) is 117 cm³/mol. The van der Waals surface area contributed by atoms with Crippen molar-refractivity contribution in [3.8, 4) is 16.9 Å². The minimum atomic E-state index is -0.954. The Morgan fingerprint density at radius 1 is 0.900 bits per heavy atom. The van der Waals surface area contributed by atoms with Crippen LogP contribution in [-0.2, 0) is 14.3 Å². The van der Waals surface area contributed by atoms with Gasteiger partial charge in [0.05, 0.1) is 0 Å². The Hall–Kier alpha value is -3.60. The first kappa shape index (κ1) is 21.1. The molecule has 5 heteroatoms. The van der Waals surface area contributed by atoms with Crippen molar-refractivity contribution in [2.75, 3.05) is 11.9 Å². The molecule has 3 aromatic carbocycles. The normalized spacial score (nSPS) is 11.4. The number of hydrogen-bond acceptors (Lipinski definition) is 4. The molecule has 0 spiro atoms. The van der Waals surface area contributed by atoms with Crippen LogP contribution in [0, 0.1) is 13.8 Å². The summed E-state index contributed by atoms with van der Waals surface area (Å²) in [4.78, 5) is 24.7. The van der Waals surface area contributed by atoms with Crippen LogP contribution in [0.2, 0.25) is 0 Å². The fourth-order valence-electron chi connectivity index (χ4n) is 3.14. The Morgan fingerprint density at radius 2 is 1.53 bits per heavy atom. The van der Waals surface area contributed by atoms with E-state index < -0.39 is 18.0 Å². The molecule has 0 radical (unpaired) electrons. The van der Waals surface area contributed by atoms with Gasteiger partial charge in [0.25, 0.3) is 5.91 Å². The third-order valence-electron chi connectivity index (χ3n) is 4.50. The zero-order valence-corrected chi connectivity index (χ0v) is 17.3. The van der Waals surface area contributed by atoms with Gasteiger partial charge in [-0.3, -0.25) is 4.79 Å². The van der Waals surface area contributed by atoms with Crippen molar-refractivity contribution in [1.82, 2.24) is 0 Å². The molecule has 0 aliphatic heterocycles. The van der Waals surface area contributed by atoms with E-state index in [9.17, 15) is 9.59 Å². The lowest BCUT2D eigenvalue weighted by Crippen LogP contribution is -2.31. The minimum Gasteiger partial charge on any atom is -0.482 e. The second-order valence-electron chi connectivity index (χ2n) is 7.15. The summed E-state index contributed by atoms with van der Waals surface area (Å²) < 4.78 is 10.7. The van der Waals surface area contributed by atoms with Gasteiger partial charge in [-0.05, 0) is 55.7 Å². The first-order valence-corrected chi connectivity index (χ1v) is 9.78. The van der Waals surface area contributed by atoms with Gasteiger partial charge in [0.15, 0.2) is 12.7 Å². The van der Waals surface area contributed by atoms with E-state index in [1.165, 1.54) is 6.92 Å². The zero-order chi connectivity index (χ0) is 21.5. The number of amides is 1.